The maximum atomic E-state index is 13.3. The van der Waals surface area contributed by atoms with Crippen LogP contribution in [0.1, 0.15) is 5.56 Å². The monoisotopic (exact) mass is 234 g/mol. The van der Waals surface area contributed by atoms with E-state index >= 15 is 0 Å². The van der Waals surface area contributed by atoms with Crippen LogP contribution < -0.4 is 5.14 Å². The van der Waals surface area contributed by atoms with Gasteiger partial charge in [0.2, 0.25) is 15.8 Å². The average Bonchev–Trinajstić information content (AvgIpc) is 2.06. The molecule has 15 heavy (non-hydrogen) atoms. The molecule has 0 spiro atoms. The molecule has 0 fully saturated rings. The topological polar surface area (TPSA) is 103 Å². The van der Waals surface area contributed by atoms with Crippen molar-refractivity contribution in [1.29, 1.82) is 0 Å². The van der Waals surface area contributed by atoms with Gasteiger partial charge >= 0.3 is 5.69 Å². The minimum atomic E-state index is -4.06. The summed E-state index contributed by atoms with van der Waals surface area (Å²) >= 11 is 0. The molecular formula is C7H7FN2O4S. The first-order valence-corrected chi connectivity index (χ1v) is 5.26. The van der Waals surface area contributed by atoms with Gasteiger partial charge < -0.3 is 0 Å². The molecule has 0 aromatic heterocycles. The number of nitro groups is 1. The van der Waals surface area contributed by atoms with Gasteiger partial charge in [0.25, 0.3) is 0 Å². The second kappa shape index (κ2) is 3.55. The fourth-order valence-corrected chi connectivity index (χ4v) is 1.88. The van der Waals surface area contributed by atoms with E-state index in [1.54, 1.807) is 0 Å². The highest BCUT2D eigenvalue weighted by molar-refractivity contribution is 7.89. The number of hydrogen-bond donors (Lipinski definition) is 1. The number of nitrogens with two attached hydrogens (primary N) is 1. The maximum absolute atomic E-state index is 13.3. The third kappa shape index (κ3) is 2.10. The smallest absolute Gasteiger partial charge is 0.258 e. The number of halogens is 1. The van der Waals surface area contributed by atoms with Crippen molar-refractivity contribution in [3.05, 3.63) is 33.6 Å². The van der Waals surface area contributed by atoms with E-state index in [-0.39, 0.29) is 5.56 Å². The summed E-state index contributed by atoms with van der Waals surface area (Å²) in [5.74, 6) is -1.19. The summed E-state index contributed by atoms with van der Waals surface area (Å²) in [6, 6.07) is 1.67. The van der Waals surface area contributed by atoms with Crippen LogP contribution in [0, 0.1) is 22.9 Å². The Kier molecular flexibility index (Phi) is 2.73. The van der Waals surface area contributed by atoms with Gasteiger partial charge in [-0.25, -0.2) is 13.6 Å². The highest BCUT2D eigenvalue weighted by Gasteiger charge is 2.22. The lowest BCUT2D eigenvalue weighted by molar-refractivity contribution is -0.387. The van der Waals surface area contributed by atoms with E-state index < -0.39 is 31.3 Å². The number of sulfonamides is 1. The van der Waals surface area contributed by atoms with Gasteiger partial charge in [-0.1, -0.05) is 0 Å². The van der Waals surface area contributed by atoms with Crippen molar-refractivity contribution >= 4 is 15.7 Å². The summed E-state index contributed by atoms with van der Waals surface area (Å²) in [4.78, 5) is 8.93. The summed E-state index contributed by atoms with van der Waals surface area (Å²) in [7, 11) is -4.06. The van der Waals surface area contributed by atoms with Crippen molar-refractivity contribution in [3.8, 4) is 0 Å². The molecule has 0 aliphatic rings. The second-order valence-corrected chi connectivity index (χ2v) is 4.35. The van der Waals surface area contributed by atoms with E-state index in [1.807, 2.05) is 0 Å². The van der Waals surface area contributed by atoms with Crippen molar-refractivity contribution < 1.29 is 17.7 Å². The minimum absolute atomic E-state index is 0.355. The fraction of sp³-hybridized carbons (Fsp3) is 0.143. The van der Waals surface area contributed by atoms with Gasteiger partial charge in [0, 0.05) is 11.6 Å². The SMILES string of the molecule is Cc1c(S(N)(=O)=O)ccc([N+](=O)[O-])c1F. The van der Waals surface area contributed by atoms with Crippen molar-refractivity contribution in [2.45, 2.75) is 11.8 Å². The minimum Gasteiger partial charge on any atom is -0.258 e. The molecule has 1 aromatic carbocycles. The Bertz CT molecular complexity index is 526. The summed E-state index contributed by atoms with van der Waals surface area (Å²) < 4.78 is 35.1. The zero-order valence-electron chi connectivity index (χ0n) is 7.60. The lowest BCUT2D eigenvalue weighted by atomic mass is 10.2. The number of hydrogen-bond acceptors (Lipinski definition) is 4. The third-order valence-electron chi connectivity index (χ3n) is 1.82. The van der Waals surface area contributed by atoms with Crippen LogP contribution in [-0.2, 0) is 10.0 Å². The van der Waals surface area contributed by atoms with Gasteiger partial charge in [-0.15, -0.1) is 0 Å². The van der Waals surface area contributed by atoms with E-state index in [1.165, 1.54) is 0 Å². The zero-order chi connectivity index (χ0) is 11.8. The average molecular weight is 234 g/mol. The van der Waals surface area contributed by atoms with Crippen LogP contribution in [0.5, 0.6) is 0 Å². The van der Waals surface area contributed by atoms with Crippen LogP contribution >= 0.6 is 0 Å². The summed E-state index contributed by atoms with van der Waals surface area (Å²) in [5.41, 5.74) is -1.13. The molecule has 0 radical (unpaired) electrons. The first-order chi connectivity index (χ1) is 6.75. The van der Waals surface area contributed by atoms with Gasteiger partial charge in [-0.3, -0.25) is 10.1 Å². The van der Waals surface area contributed by atoms with E-state index in [2.05, 4.69) is 0 Å². The number of primary sulfonamides is 1. The van der Waals surface area contributed by atoms with Crippen LogP contribution in [0.15, 0.2) is 17.0 Å². The molecule has 0 heterocycles. The summed E-state index contributed by atoms with van der Waals surface area (Å²) in [6.45, 7) is 1.11. The Balaban J connectivity index is 3.55. The molecule has 0 amide bonds. The Morgan fingerprint density at radius 1 is 1.47 bits per heavy atom. The molecule has 1 rings (SSSR count). The Hall–Kier alpha value is -1.54. The van der Waals surface area contributed by atoms with Crippen molar-refractivity contribution in [1.82, 2.24) is 0 Å². The molecule has 0 unspecified atom stereocenters. The maximum Gasteiger partial charge on any atom is 0.305 e. The van der Waals surface area contributed by atoms with Crippen LogP contribution in [-0.4, -0.2) is 13.3 Å². The van der Waals surface area contributed by atoms with Gasteiger partial charge in [0.15, 0.2) is 0 Å². The predicted molar refractivity (Wildman–Crippen MR) is 49.2 cm³/mol. The lowest BCUT2D eigenvalue weighted by Crippen LogP contribution is -2.14. The van der Waals surface area contributed by atoms with Crippen LogP contribution in [0.2, 0.25) is 0 Å². The van der Waals surface area contributed by atoms with Crippen molar-refractivity contribution in [2.75, 3.05) is 0 Å². The molecule has 8 heteroatoms. The second-order valence-electron chi connectivity index (χ2n) is 2.82. The summed E-state index contributed by atoms with van der Waals surface area (Å²) in [6.07, 6.45) is 0. The molecule has 0 saturated heterocycles. The van der Waals surface area contributed by atoms with Crippen LogP contribution in [0.25, 0.3) is 0 Å². The molecule has 0 saturated carbocycles. The normalized spacial score (nSPS) is 11.4. The Morgan fingerprint density at radius 2 is 2.00 bits per heavy atom. The number of nitro benzene ring substituents is 1. The quantitative estimate of drug-likeness (QED) is 0.600. The summed E-state index contributed by atoms with van der Waals surface area (Å²) in [5, 5.41) is 15.1. The molecule has 82 valence electrons. The molecule has 2 N–H and O–H groups in total. The first-order valence-electron chi connectivity index (χ1n) is 3.71. The lowest BCUT2D eigenvalue weighted by Gasteiger charge is -2.03. The molecular weight excluding hydrogens is 227 g/mol. The predicted octanol–water partition coefficient (Wildman–Crippen LogP) is 0.690. The fourth-order valence-electron chi connectivity index (χ4n) is 1.10. The van der Waals surface area contributed by atoms with Crippen molar-refractivity contribution in [3.63, 3.8) is 0 Å². The van der Waals surface area contributed by atoms with Gasteiger partial charge in [0.1, 0.15) is 0 Å². The van der Waals surface area contributed by atoms with Gasteiger partial charge in [0.05, 0.1) is 9.82 Å². The van der Waals surface area contributed by atoms with Crippen LogP contribution in [0.4, 0.5) is 10.1 Å². The molecule has 0 aliphatic carbocycles. The van der Waals surface area contributed by atoms with E-state index in [0.717, 1.165) is 19.1 Å². The molecule has 6 nitrogen and oxygen atoms in total. The molecule has 0 aliphatic heterocycles. The third-order valence-corrected chi connectivity index (χ3v) is 2.87. The molecule has 1 aromatic rings. The van der Waals surface area contributed by atoms with Gasteiger partial charge in [-0.05, 0) is 13.0 Å². The highest BCUT2D eigenvalue weighted by atomic mass is 32.2. The van der Waals surface area contributed by atoms with Crippen LogP contribution in [0.3, 0.4) is 0 Å². The Morgan fingerprint density at radius 3 is 2.40 bits per heavy atom. The largest absolute Gasteiger partial charge is 0.305 e. The number of benzene rings is 1. The highest BCUT2D eigenvalue weighted by Crippen LogP contribution is 2.24. The van der Waals surface area contributed by atoms with Crippen molar-refractivity contribution in [2.24, 2.45) is 5.14 Å². The zero-order valence-corrected chi connectivity index (χ0v) is 8.41. The number of nitrogens with zero attached hydrogens (tertiary/aromatic N) is 1. The standard InChI is InChI=1S/C7H7FN2O4S/c1-4-6(15(9,13)14)3-2-5(7(4)8)10(11)12/h2-3H,1H3,(H2,9,13,14). The Labute approximate surface area is 84.7 Å². The first kappa shape index (κ1) is 11.5. The number of rotatable bonds is 2. The van der Waals surface area contributed by atoms with E-state index in [4.69, 9.17) is 5.14 Å². The van der Waals surface area contributed by atoms with Gasteiger partial charge in [-0.2, -0.15) is 4.39 Å². The van der Waals surface area contributed by atoms with E-state index in [0.29, 0.717) is 0 Å². The van der Waals surface area contributed by atoms with E-state index in [9.17, 15) is 22.9 Å². The molecule has 0 atom stereocenters. The molecule has 0 bridgehead atoms.